The molecule has 0 unspecified atom stereocenters. The van der Waals surface area contributed by atoms with Gasteiger partial charge >= 0.3 is 0 Å². The molecule has 0 amide bonds. The SMILES string of the molecule is N#C[C@@H](c1ccncc1)[C@H](CCO)c1cc(F)ccc1F. The molecule has 0 radical (unpaired) electrons. The number of aliphatic hydroxyl groups excluding tert-OH is 1. The Morgan fingerprint density at radius 2 is 1.90 bits per heavy atom. The van der Waals surface area contributed by atoms with Gasteiger partial charge in [-0.05, 0) is 47.9 Å². The smallest absolute Gasteiger partial charge is 0.126 e. The van der Waals surface area contributed by atoms with Gasteiger partial charge in [0, 0.05) is 24.9 Å². The first kappa shape index (κ1) is 15.1. The second-order valence-electron chi connectivity index (χ2n) is 4.67. The second-order valence-corrected chi connectivity index (χ2v) is 4.67. The molecule has 0 spiro atoms. The fourth-order valence-electron chi connectivity index (χ4n) is 2.41. The van der Waals surface area contributed by atoms with Crippen molar-refractivity contribution in [3.05, 3.63) is 65.5 Å². The van der Waals surface area contributed by atoms with E-state index in [-0.39, 0.29) is 18.6 Å². The Labute approximate surface area is 121 Å². The minimum atomic E-state index is -0.684. The van der Waals surface area contributed by atoms with Crippen LogP contribution in [0.2, 0.25) is 0 Å². The number of rotatable bonds is 5. The summed E-state index contributed by atoms with van der Waals surface area (Å²) >= 11 is 0. The average Bonchev–Trinajstić information content (AvgIpc) is 2.51. The Kier molecular flexibility index (Phi) is 4.96. The van der Waals surface area contributed by atoms with E-state index in [1.165, 1.54) is 12.4 Å². The Bertz CT molecular complexity index is 640. The van der Waals surface area contributed by atoms with Crippen LogP contribution in [0.25, 0.3) is 0 Å². The molecule has 2 rings (SSSR count). The Morgan fingerprint density at radius 3 is 2.52 bits per heavy atom. The van der Waals surface area contributed by atoms with Crippen LogP contribution < -0.4 is 0 Å². The molecule has 108 valence electrons. The van der Waals surface area contributed by atoms with Crippen molar-refractivity contribution in [1.29, 1.82) is 5.26 Å². The highest BCUT2D eigenvalue weighted by Gasteiger charge is 2.27. The second kappa shape index (κ2) is 6.91. The van der Waals surface area contributed by atoms with Gasteiger partial charge in [-0.1, -0.05) is 0 Å². The maximum atomic E-state index is 14.0. The highest BCUT2D eigenvalue weighted by atomic mass is 19.1. The van der Waals surface area contributed by atoms with Crippen LogP contribution in [0.1, 0.15) is 29.4 Å². The van der Waals surface area contributed by atoms with Crippen molar-refractivity contribution in [2.75, 3.05) is 6.61 Å². The van der Waals surface area contributed by atoms with Crippen LogP contribution >= 0.6 is 0 Å². The van der Waals surface area contributed by atoms with E-state index in [1.54, 1.807) is 12.1 Å². The van der Waals surface area contributed by atoms with E-state index in [9.17, 15) is 19.1 Å². The van der Waals surface area contributed by atoms with Gasteiger partial charge in [-0.25, -0.2) is 8.78 Å². The summed E-state index contributed by atoms with van der Waals surface area (Å²) in [6.45, 7) is -0.218. The first-order chi connectivity index (χ1) is 10.2. The van der Waals surface area contributed by atoms with Gasteiger partial charge in [0.05, 0.1) is 12.0 Å². The molecule has 0 fully saturated rings. The van der Waals surface area contributed by atoms with E-state index in [1.807, 2.05) is 0 Å². The topological polar surface area (TPSA) is 56.9 Å². The molecule has 1 aromatic heterocycles. The van der Waals surface area contributed by atoms with E-state index in [2.05, 4.69) is 11.1 Å². The summed E-state index contributed by atoms with van der Waals surface area (Å²) in [5.74, 6) is -2.46. The molecule has 0 saturated heterocycles. The van der Waals surface area contributed by atoms with E-state index < -0.39 is 23.5 Å². The highest BCUT2D eigenvalue weighted by molar-refractivity contribution is 5.33. The van der Waals surface area contributed by atoms with E-state index in [4.69, 9.17) is 0 Å². The normalized spacial score (nSPS) is 13.4. The van der Waals surface area contributed by atoms with Crippen molar-refractivity contribution in [3.8, 4) is 6.07 Å². The summed E-state index contributed by atoms with van der Waals surface area (Å²) in [5, 5.41) is 18.6. The fraction of sp³-hybridized carbons (Fsp3) is 0.250. The Morgan fingerprint density at radius 1 is 1.19 bits per heavy atom. The third kappa shape index (κ3) is 3.41. The molecule has 0 bridgehead atoms. The number of nitriles is 1. The number of halogens is 2. The van der Waals surface area contributed by atoms with Crippen LogP contribution in [0.4, 0.5) is 8.78 Å². The van der Waals surface area contributed by atoms with Gasteiger partial charge in [0.15, 0.2) is 0 Å². The summed E-state index contributed by atoms with van der Waals surface area (Å²) in [6, 6.07) is 8.60. The molecule has 3 nitrogen and oxygen atoms in total. The van der Waals surface area contributed by atoms with Gasteiger partial charge < -0.3 is 5.11 Å². The number of aliphatic hydroxyl groups is 1. The van der Waals surface area contributed by atoms with Gasteiger partial charge in [0.25, 0.3) is 0 Å². The zero-order valence-electron chi connectivity index (χ0n) is 11.2. The lowest BCUT2D eigenvalue weighted by atomic mass is 9.80. The first-order valence-electron chi connectivity index (χ1n) is 6.52. The summed E-state index contributed by atoms with van der Waals surface area (Å²) in [4.78, 5) is 3.88. The van der Waals surface area contributed by atoms with Crippen molar-refractivity contribution < 1.29 is 13.9 Å². The summed E-state index contributed by atoms with van der Waals surface area (Å²) in [6.07, 6.45) is 3.25. The highest BCUT2D eigenvalue weighted by Crippen LogP contribution is 2.36. The lowest BCUT2D eigenvalue weighted by Gasteiger charge is -2.22. The molecular formula is C16H14F2N2O. The Balaban J connectivity index is 2.47. The summed E-state index contributed by atoms with van der Waals surface area (Å²) in [5.41, 5.74) is 0.766. The first-order valence-corrected chi connectivity index (χ1v) is 6.52. The maximum absolute atomic E-state index is 14.0. The predicted molar refractivity (Wildman–Crippen MR) is 73.4 cm³/mol. The van der Waals surface area contributed by atoms with Crippen LogP contribution in [0.15, 0.2) is 42.7 Å². The maximum Gasteiger partial charge on any atom is 0.126 e. The van der Waals surface area contributed by atoms with Crippen LogP contribution in [-0.4, -0.2) is 16.7 Å². The van der Waals surface area contributed by atoms with E-state index >= 15 is 0 Å². The third-order valence-corrected chi connectivity index (χ3v) is 3.40. The van der Waals surface area contributed by atoms with Crippen molar-refractivity contribution in [2.45, 2.75) is 18.3 Å². The molecular weight excluding hydrogens is 274 g/mol. The lowest BCUT2D eigenvalue weighted by Crippen LogP contribution is -2.14. The van der Waals surface area contributed by atoms with E-state index in [0.717, 1.165) is 18.2 Å². The van der Waals surface area contributed by atoms with Gasteiger partial charge in [-0.3, -0.25) is 4.98 Å². The molecule has 2 atom stereocenters. The molecule has 1 N–H and O–H groups in total. The summed E-state index contributed by atoms with van der Waals surface area (Å²) in [7, 11) is 0. The molecule has 0 aliphatic heterocycles. The molecule has 2 aromatic rings. The largest absolute Gasteiger partial charge is 0.396 e. The number of hydrogen-bond donors (Lipinski definition) is 1. The predicted octanol–water partition coefficient (Wildman–Crippen LogP) is 3.13. The van der Waals surface area contributed by atoms with Gasteiger partial charge in [0.2, 0.25) is 0 Å². The third-order valence-electron chi connectivity index (χ3n) is 3.40. The zero-order valence-corrected chi connectivity index (χ0v) is 11.2. The number of nitrogens with zero attached hydrogens (tertiary/aromatic N) is 2. The number of aromatic nitrogens is 1. The molecule has 21 heavy (non-hydrogen) atoms. The van der Waals surface area contributed by atoms with Crippen LogP contribution in [0, 0.1) is 23.0 Å². The van der Waals surface area contributed by atoms with Crippen molar-refractivity contribution >= 4 is 0 Å². The van der Waals surface area contributed by atoms with Crippen LogP contribution in [-0.2, 0) is 0 Å². The molecule has 1 heterocycles. The fourth-order valence-corrected chi connectivity index (χ4v) is 2.41. The number of pyridine rings is 1. The average molecular weight is 288 g/mol. The van der Waals surface area contributed by atoms with Crippen molar-refractivity contribution in [2.24, 2.45) is 0 Å². The molecule has 1 aromatic carbocycles. The zero-order chi connectivity index (χ0) is 15.2. The van der Waals surface area contributed by atoms with Gasteiger partial charge in [-0.2, -0.15) is 5.26 Å². The standard InChI is InChI=1S/C16H14F2N2O/c17-12-1-2-16(18)14(9-12)13(5-8-21)15(10-19)11-3-6-20-7-4-11/h1-4,6-7,9,13,15,21H,5,8H2/t13-,15+/m1/s1. The minimum absolute atomic E-state index is 0.104. The van der Waals surface area contributed by atoms with Gasteiger partial charge in [-0.15, -0.1) is 0 Å². The van der Waals surface area contributed by atoms with Crippen molar-refractivity contribution in [1.82, 2.24) is 4.98 Å². The summed E-state index contributed by atoms with van der Waals surface area (Å²) < 4.78 is 27.4. The molecule has 0 aliphatic carbocycles. The van der Waals surface area contributed by atoms with Crippen LogP contribution in [0.3, 0.4) is 0 Å². The Hall–Kier alpha value is -2.32. The molecule has 5 heteroatoms. The number of benzene rings is 1. The van der Waals surface area contributed by atoms with Crippen LogP contribution in [0.5, 0.6) is 0 Å². The molecule has 0 aliphatic rings. The lowest BCUT2D eigenvalue weighted by molar-refractivity contribution is 0.270. The van der Waals surface area contributed by atoms with Crippen molar-refractivity contribution in [3.63, 3.8) is 0 Å². The monoisotopic (exact) mass is 288 g/mol. The van der Waals surface area contributed by atoms with E-state index in [0.29, 0.717) is 5.56 Å². The quantitative estimate of drug-likeness (QED) is 0.919. The molecule has 0 saturated carbocycles. The minimum Gasteiger partial charge on any atom is -0.396 e. The number of hydrogen-bond acceptors (Lipinski definition) is 3. The van der Waals surface area contributed by atoms with Gasteiger partial charge in [0.1, 0.15) is 11.6 Å².